The van der Waals surface area contributed by atoms with Gasteiger partial charge in [-0.25, -0.2) is 0 Å². The number of benzene rings is 2. The number of piperidine rings is 1. The van der Waals surface area contributed by atoms with Crippen LogP contribution in [0.2, 0.25) is 0 Å². The average molecular weight is 375 g/mol. The Morgan fingerprint density at radius 2 is 1.64 bits per heavy atom. The van der Waals surface area contributed by atoms with Crippen molar-refractivity contribution >= 4 is 28.9 Å². The molecule has 3 heterocycles. The first-order valence-electron chi connectivity index (χ1n) is 10.2. The first kappa shape index (κ1) is 17.4. The molecule has 144 valence electrons. The summed E-state index contributed by atoms with van der Waals surface area (Å²) in [6.07, 6.45) is 5.21. The van der Waals surface area contributed by atoms with Crippen molar-refractivity contribution in [3.05, 3.63) is 54.1 Å². The van der Waals surface area contributed by atoms with Crippen LogP contribution in [-0.4, -0.2) is 35.8 Å². The van der Waals surface area contributed by atoms with Crippen LogP contribution in [0.1, 0.15) is 42.5 Å². The molecule has 1 N–H and O–H groups in total. The quantitative estimate of drug-likeness (QED) is 0.857. The van der Waals surface area contributed by atoms with Crippen molar-refractivity contribution in [2.75, 3.05) is 17.3 Å². The molecule has 2 aromatic rings. The predicted molar refractivity (Wildman–Crippen MR) is 110 cm³/mol. The van der Waals surface area contributed by atoms with E-state index in [0.29, 0.717) is 41.4 Å². The fraction of sp³-hybridized carbons (Fsp3) is 0.391. The largest absolute Gasteiger partial charge is 0.320 e. The standard InChI is InChI=1S/C23H25N3O2/c1-25-16-10-11-17(25)13-15(12-16)14-22(27)26-20-8-4-2-6-18(20)23(28)24-19-7-3-5-9-21(19)26/h2-9,15-17H,10-14H2,1H3,(H,24,28). The molecule has 28 heavy (non-hydrogen) atoms. The first-order chi connectivity index (χ1) is 13.6. The predicted octanol–water partition coefficient (Wildman–Crippen LogP) is 4.18. The molecule has 5 rings (SSSR count). The van der Waals surface area contributed by atoms with Gasteiger partial charge in [0.25, 0.3) is 5.91 Å². The molecule has 2 saturated heterocycles. The van der Waals surface area contributed by atoms with Crippen molar-refractivity contribution in [3.8, 4) is 0 Å². The van der Waals surface area contributed by atoms with Gasteiger partial charge in [0.2, 0.25) is 5.91 Å². The SMILES string of the molecule is CN1C2CCC1CC(CC(=O)N1c3ccccc3NC(=O)c3ccccc31)C2. The van der Waals surface area contributed by atoms with E-state index in [1.807, 2.05) is 42.5 Å². The minimum atomic E-state index is -0.171. The molecule has 2 bridgehead atoms. The first-order valence-corrected chi connectivity index (χ1v) is 10.2. The molecule has 2 aromatic carbocycles. The molecule has 5 heteroatoms. The molecule has 0 radical (unpaired) electrons. The molecular weight excluding hydrogens is 350 g/mol. The van der Waals surface area contributed by atoms with Gasteiger partial charge in [-0.15, -0.1) is 0 Å². The highest BCUT2D eigenvalue weighted by molar-refractivity contribution is 6.17. The minimum absolute atomic E-state index is 0.0744. The Balaban J connectivity index is 1.49. The van der Waals surface area contributed by atoms with E-state index >= 15 is 0 Å². The van der Waals surface area contributed by atoms with E-state index < -0.39 is 0 Å². The number of amides is 2. The molecule has 0 saturated carbocycles. The molecule has 2 atom stereocenters. The van der Waals surface area contributed by atoms with Crippen LogP contribution in [0.15, 0.2) is 48.5 Å². The number of carbonyl (C=O) groups excluding carboxylic acids is 2. The number of anilines is 3. The second-order valence-electron chi connectivity index (χ2n) is 8.31. The molecule has 0 aromatic heterocycles. The van der Waals surface area contributed by atoms with E-state index in [1.165, 1.54) is 12.8 Å². The van der Waals surface area contributed by atoms with E-state index in [4.69, 9.17) is 0 Å². The van der Waals surface area contributed by atoms with Crippen LogP contribution in [0, 0.1) is 5.92 Å². The Kier molecular flexibility index (Phi) is 4.20. The van der Waals surface area contributed by atoms with Gasteiger partial charge in [-0.1, -0.05) is 24.3 Å². The van der Waals surface area contributed by atoms with Crippen LogP contribution in [0.5, 0.6) is 0 Å². The monoisotopic (exact) mass is 375 g/mol. The van der Waals surface area contributed by atoms with Gasteiger partial charge in [-0.05, 0) is 62.9 Å². The maximum Gasteiger partial charge on any atom is 0.257 e. The summed E-state index contributed by atoms with van der Waals surface area (Å²) in [4.78, 5) is 30.5. The third kappa shape index (κ3) is 2.81. The van der Waals surface area contributed by atoms with Gasteiger partial charge < -0.3 is 10.2 Å². The number of para-hydroxylation sites is 3. The molecule has 2 fully saturated rings. The lowest BCUT2D eigenvalue weighted by Gasteiger charge is -2.37. The van der Waals surface area contributed by atoms with E-state index in [-0.39, 0.29) is 11.8 Å². The summed E-state index contributed by atoms with van der Waals surface area (Å²) in [6.45, 7) is 0. The maximum absolute atomic E-state index is 13.5. The van der Waals surface area contributed by atoms with Gasteiger partial charge in [0.15, 0.2) is 0 Å². The number of carbonyl (C=O) groups is 2. The smallest absolute Gasteiger partial charge is 0.257 e. The van der Waals surface area contributed by atoms with Crippen molar-refractivity contribution in [2.24, 2.45) is 5.92 Å². The summed E-state index contributed by atoms with van der Waals surface area (Å²) in [7, 11) is 2.22. The molecule has 3 aliphatic heterocycles. The van der Waals surface area contributed by atoms with Crippen molar-refractivity contribution in [2.45, 2.75) is 44.2 Å². The summed E-state index contributed by atoms with van der Waals surface area (Å²) in [5, 5.41) is 2.96. The summed E-state index contributed by atoms with van der Waals surface area (Å²) >= 11 is 0. The molecule has 2 unspecified atom stereocenters. The Morgan fingerprint density at radius 1 is 1.00 bits per heavy atom. The Labute approximate surface area is 165 Å². The fourth-order valence-electron chi connectivity index (χ4n) is 5.25. The summed E-state index contributed by atoms with van der Waals surface area (Å²) in [5.41, 5.74) is 2.64. The van der Waals surface area contributed by atoms with E-state index in [1.54, 1.807) is 11.0 Å². The van der Waals surface area contributed by atoms with Crippen molar-refractivity contribution in [1.82, 2.24) is 4.90 Å². The second kappa shape index (κ2) is 6.74. The zero-order valence-corrected chi connectivity index (χ0v) is 16.1. The highest BCUT2D eigenvalue weighted by Crippen LogP contribution is 2.42. The Hall–Kier alpha value is -2.66. The third-order valence-electron chi connectivity index (χ3n) is 6.69. The maximum atomic E-state index is 13.5. The number of hydrogen-bond donors (Lipinski definition) is 1. The normalized spacial score (nSPS) is 26.2. The van der Waals surface area contributed by atoms with Gasteiger partial charge in [0.1, 0.15) is 0 Å². The van der Waals surface area contributed by atoms with Gasteiger partial charge in [0, 0.05) is 18.5 Å². The van der Waals surface area contributed by atoms with Crippen LogP contribution in [0.3, 0.4) is 0 Å². The van der Waals surface area contributed by atoms with E-state index in [9.17, 15) is 9.59 Å². The lowest BCUT2D eigenvalue weighted by atomic mass is 9.88. The Bertz CT molecular complexity index is 927. The van der Waals surface area contributed by atoms with Gasteiger partial charge in [-0.2, -0.15) is 0 Å². The van der Waals surface area contributed by atoms with Crippen molar-refractivity contribution in [1.29, 1.82) is 0 Å². The van der Waals surface area contributed by atoms with Crippen molar-refractivity contribution in [3.63, 3.8) is 0 Å². The third-order valence-corrected chi connectivity index (χ3v) is 6.69. The zero-order valence-electron chi connectivity index (χ0n) is 16.1. The van der Waals surface area contributed by atoms with E-state index in [2.05, 4.69) is 17.3 Å². The van der Waals surface area contributed by atoms with Gasteiger partial charge in [-0.3, -0.25) is 14.5 Å². The van der Waals surface area contributed by atoms with Gasteiger partial charge in [0.05, 0.1) is 22.6 Å². The fourth-order valence-corrected chi connectivity index (χ4v) is 5.25. The number of hydrogen-bond acceptors (Lipinski definition) is 3. The van der Waals surface area contributed by atoms with Crippen LogP contribution in [0.25, 0.3) is 0 Å². The lowest BCUT2D eigenvalue weighted by molar-refractivity contribution is -0.119. The number of nitrogens with zero attached hydrogens (tertiary/aromatic N) is 2. The van der Waals surface area contributed by atoms with Crippen LogP contribution in [0.4, 0.5) is 17.1 Å². The lowest BCUT2D eigenvalue weighted by Crippen LogP contribution is -2.41. The highest BCUT2D eigenvalue weighted by Gasteiger charge is 2.40. The van der Waals surface area contributed by atoms with Crippen LogP contribution < -0.4 is 10.2 Å². The van der Waals surface area contributed by atoms with Crippen LogP contribution in [-0.2, 0) is 4.79 Å². The number of rotatable bonds is 2. The second-order valence-corrected chi connectivity index (χ2v) is 8.31. The van der Waals surface area contributed by atoms with Crippen LogP contribution >= 0.6 is 0 Å². The summed E-state index contributed by atoms with van der Waals surface area (Å²) in [6, 6.07) is 16.2. The minimum Gasteiger partial charge on any atom is -0.320 e. The van der Waals surface area contributed by atoms with Crippen molar-refractivity contribution < 1.29 is 9.59 Å². The molecule has 2 amide bonds. The molecule has 0 spiro atoms. The molecule has 5 nitrogen and oxygen atoms in total. The molecule has 0 aliphatic carbocycles. The summed E-state index contributed by atoms with van der Waals surface area (Å²) < 4.78 is 0. The van der Waals surface area contributed by atoms with Gasteiger partial charge >= 0.3 is 0 Å². The average Bonchev–Trinajstić information content (AvgIpc) is 2.86. The summed E-state index contributed by atoms with van der Waals surface area (Å²) in [5.74, 6) is 0.313. The number of nitrogens with one attached hydrogen (secondary N) is 1. The Morgan fingerprint density at radius 3 is 2.39 bits per heavy atom. The zero-order chi connectivity index (χ0) is 19.3. The topological polar surface area (TPSA) is 52.7 Å². The molecular formula is C23H25N3O2. The van der Waals surface area contributed by atoms with E-state index in [0.717, 1.165) is 18.5 Å². The number of fused-ring (bicyclic) bond motifs is 4. The molecule has 3 aliphatic rings. The highest BCUT2D eigenvalue weighted by atomic mass is 16.2.